The molecule has 0 bridgehead atoms. The number of carbonyl (C=O) groups excluding carboxylic acids is 1. The standard InChI is InChI=1S/C29H41NO3/c1-3-5-6-7-8-9-12-15-29(31)33-27-20-21-28(30-24-27)26-18-16-25(17-19-26)14-11-10-13-23-32-22-4-2/h8-9,16-21,24H,3-7,10-15,22-23H2,1-2H3. The van der Waals surface area contributed by atoms with E-state index in [2.05, 4.69) is 55.2 Å². The fourth-order valence-electron chi connectivity index (χ4n) is 3.54. The smallest absolute Gasteiger partial charge is 0.311 e. The lowest BCUT2D eigenvalue weighted by atomic mass is 10.0. The molecule has 4 heteroatoms. The number of pyridine rings is 1. The van der Waals surface area contributed by atoms with Crippen molar-refractivity contribution in [1.82, 2.24) is 4.98 Å². The molecule has 1 aromatic carbocycles. The number of ether oxygens (including phenoxy) is 2. The van der Waals surface area contributed by atoms with E-state index < -0.39 is 0 Å². The number of nitrogens with zero attached hydrogens (tertiary/aromatic N) is 1. The van der Waals surface area contributed by atoms with Gasteiger partial charge in [0.15, 0.2) is 0 Å². The predicted octanol–water partition coefficient (Wildman–Crippen LogP) is 7.71. The summed E-state index contributed by atoms with van der Waals surface area (Å²) in [4.78, 5) is 16.5. The highest BCUT2D eigenvalue weighted by molar-refractivity contribution is 5.72. The molecule has 0 aliphatic heterocycles. The van der Waals surface area contributed by atoms with Gasteiger partial charge in [0.2, 0.25) is 0 Å². The third-order valence-corrected chi connectivity index (χ3v) is 5.48. The molecule has 0 N–H and O–H groups in total. The molecular weight excluding hydrogens is 410 g/mol. The van der Waals surface area contributed by atoms with E-state index >= 15 is 0 Å². The van der Waals surface area contributed by atoms with Crippen LogP contribution in [0.5, 0.6) is 5.75 Å². The molecule has 33 heavy (non-hydrogen) atoms. The molecule has 1 heterocycles. The molecule has 4 nitrogen and oxygen atoms in total. The van der Waals surface area contributed by atoms with Gasteiger partial charge in [0.1, 0.15) is 5.75 Å². The number of unbranched alkanes of at least 4 members (excludes halogenated alkanes) is 5. The second-order valence-corrected chi connectivity index (χ2v) is 8.48. The number of aryl methyl sites for hydroxylation is 1. The van der Waals surface area contributed by atoms with Crippen molar-refractivity contribution in [2.75, 3.05) is 13.2 Å². The molecule has 0 fully saturated rings. The summed E-state index contributed by atoms with van der Waals surface area (Å²) in [5, 5.41) is 0. The maximum atomic E-state index is 12.0. The van der Waals surface area contributed by atoms with Crippen LogP contribution >= 0.6 is 0 Å². The van der Waals surface area contributed by atoms with E-state index in [-0.39, 0.29) is 5.97 Å². The summed E-state index contributed by atoms with van der Waals surface area (Å²) in [5.74, 6) is 0.277. The van der Waals surface area contributed by atoms with E-state index in [4.69, 9.17) is 9.47 Å². The number of allylic oxidation sites excluding steroid dienone is 2. The van der Waals surface area contributed by atoms with Gasteiger partial charge in [0.05, 0.1) is 11.9 Å². The largest absolute Gasteiger partial charge is 0.425 e. The second kappa shape index (κ2) is 17.1. The average Bonchev–Trinajstić information content (AvgIpc) is 2.84. The summed E-state index contributed by atoms with van der Waals surface area (Å²) in [7, 11) is 0. The molecule has 0 spiro atoms. The molecule has 0 saturated carbocycles. The van der Waals surface area contributed by atoms with Crippen molar-refractivity contribution in [3.05, 3.63) is 60.3 Å². The fraction of sp³-hybridized carbons (Fsp3) is 0.517. The Labute approximate surface area is 200 Å². The van der Waals surface area contributed by atoms with Gasteiger partial charge < -0.3 is 9.47 Å². The highest BCUT2D eigenvalue weighted by Gasteiger charge is 2.06. The SMILES string of the molecule is CCCCCC=CCCC(=O)Oc1ccc(-c2ccc(CCCCCOCCC)cc2)nc1. The van der Waals surface area contributed by atoms with Crippen molar-refractivity contribution in [3.8, 4) is 17.0 Å². The van der Waals surface area contributed by atoms with Gasteiger partial charge in [-0.05, 0) is 62.6 Å². The van der Waals surface area contributed by atoms with E-state index in [1.54, 1.807) is 6.20 Å². The van der Waals surface area contributed by atoms with Crippen LogP contribution < -0.4 is 4.74 Å². The highest BCUT2D eigenvalue weighted by atomic mass is 16.5. The zero-order valence-corrected chi connectivity index (χ0v) is 20.6. The number of carbonyl (C=O) groups is 1. The van der Waals surface area contributed by atoms with Crippen LogP contribution in [0.4, 0.5) is 0 Å². The molecule has 180 valence electrons. The van der Waals surface area contributed by atoms with Gasteiger partial charge in [-0.2, -0.15) is 0 Å². The lowest BCUT2D eigenvalue weighted by Crippen LogP contribution is -2.07. The predicted molar refractivity (Wildman–Crippen MR) is 136 cm³/mol. The van der Waals surface area contributed by atoms with Crippen LogP contribution in [-0.2, 0) is 16.0 Å². The minimum atomic E-state index is -0.218. The van der Waals surface area contributed by atoms with Crippen molar-refractivity contribution >= 4 is 5.97 Å². The van der Waals surface area contributed by atoms with E-state index in [1.165, 1.54) is 37.7 Å². The number of hydrogen-bond donors (Lipinski definition) is 0. The summed E-state index contributed by atoms with van der Waals surface area (Å²) in [6.07, 6.45) is 17.4. The minimum Gasteiger partial charge on any atom is -0.425 e. The first-order valence-electron chi connectivity index (χ1n) is 12.7. The maximum absolute atomic E-state index is 12.0. The molecule has 1 aromatic heterocycles. The fourth-order valence-corrected chi connectivity index (χ4v) is 3.54. The number of aromatic nitrogens is 1. The Morgan fingerprint density at radius 3 is 2.39 bits per heavy atom. The summed E-state index contributed by atoms with van der Waals surface area (Å²) in [5.41, 5.74) is 3.29. The van der Waals surface area contributed by atoms with E-state index in [1.807, 2.05) is 12.1 Å². The molecule has 0 saturated heterocycles. The molecule has 0 unspecified atom stereocenters. The van der Waals surface area contributed by atoms with Crippen LogP contribution in [0.25, 0.3) is 11.3 Å². The molecule has 2 aromatic rings. The Morgan fingerprint density at radius 1 is 0.848 bits per heavy atom. The van der Waals surface area contributed by atoms with Crippen molar-refractivity contribution in [3.63, 3.8) is 0 Å². The van der Waals surface area contributed by atoms with Crippen LogP contribution in [0.15, 0.2) is 54.7 Å². The van der Waals surface area contributed by atoms with Crippen LogP contribution in [0, 0.1) is 0 Å². The quantitative estimate of drug-likeness (QED) is 0.140. The van der Waals surface area contributed by atoms with Gasteiger partial charge >= 0.3 is 5.97 Å². The zero-order valence-electron chi connectivity index (χ0n) is 20.6. The number of benzene rings is 1. The minimum absolute atomic E-state index is 0.218. The number of esters is 1. The lowest BCUT2D eigenvalue weighted by molar-refractivity contribution is -0.134. The van der Waals surface area contributed by atoms with Crippen LogP contribution in [0.1, 0.15) is 83.6 Å². The summed E-state index contributed by atoms with van der Waals surface area (Å²) < 4.78 is 10.9. The lowest BCUT2D eigenvalue weighted by Gasteiger charge is -2.07. The van der Waals surface area contributed by atoms with Crippen LogP contribution in [-0.4, -0.2) is 24.2 Å². The first-order valence-corrected chi connectivity index (χ1v) is 12.7. The molecule has 0 aliphatic carbocycles. The molecule has 0 atom stereocenters. The first-order chi connectivity index (χ1) is 16.2. The topological polar surface area (TPSA) is 48.4 Å². The number of rotatable bonds is 17. The molecule has 2 rings (SSSR count). The van der Waals surface area contributed by atoms with Gasteiger partial charge in [-0.25, -0.2) is 0 Å². The third kappa shape index (κ3) is 11.8. The Kier molecular flexibility index (Phi) is 13.9. The summed E-state index contributed by atoms with van der Waals surface area (Å²) >= 11 is 0. The van der Waals surface area contributed by atoms with E-state index in [0.29, 0.717) is 12.2 Å². The van der Waals surface area contributed by atoms with Gasteiger partial charge in [-0.3, -0.25) is 9.78 Å². The Hall–Kier alpha value is -2.46. The Bertz CT molecular complexity index is 797. The molecule has 0 amide bonds. The zero-order chi connectivity index (χ0) is 23.6. The number of hydrogen-bond acceptors (Lipinski definition) is 4. The summed E-state index contributed by atoms with van der Waals surface area (Å²) in [6, 6.07) is 12.3. The van der Waals surface area contributed by atoms with E-state index in [0.717, 1.165) is 56.6 Å². The van der Waals surface area contributed by atoms with Crippen molar-refractivity contribution < 1.29 is 14.3 Å². The van der Waals surface area contributed by atoms with Gasteiger partial charge in [0.25, 0.3) is 0 Å². The van der Waals surface area contributed by atoms with Crippen LogP contribution in [0.3, 0.4) is 0 Å². The Morgan fingerprint density at radius 2 is 1.67 bits per heavy atom. The van der Waals surface area contributed by atoms with Crippen molar-refractivity contribution in [2.45, 2.75) is 84.5 Å². The third-order valence-electron chi connectivity index (χ3n) is 5.48. The van der Waals surface area contributed by atoms with Crippen molar-refractivity contribution in [1.29, 1.82) is 0 Å². The molecule has 0 radical (unpaired) electrons. The van der Waals surface area contributed by atoms with Gasteiger partial charge in [0, 0.05) is 25.2 Å². The summed E-state index contributed by atoms with van der Waals surface area (Å²) in [6.45, 7) is 6.08. The normalized spacial score (nSPS) is 11.2. The van der Waals surface area contributed by atoms with Gasteiger partial charge in [-0.15, -0.1) is 0 Å². The monoisotopic (exact) mass is 451 g/mol. The van der Waals surface area contributed by atoms with E-state index in [9.17, 15) is 4.79 Å². The van der Waals surface area contributed by atoms with Crippen molar-refractivity contribution in [2.24, 2.45) is 0 Å². The Balaban J connectivity index is 1.69. The van der Waals surface area contributed by atoms with Crippen LogP contribution in [0.2, 0.25) is 0 Å². The van der Waals surface area contributed by atoms with Gasteiger partial charge in [-0.1, -0.05) is 69.5 Å². The molecular formula is C29H41NO3. The first kappa shape index (κ1) is 26.8. The molecule has 0 aliphatic rings. The second-order valence-electron chi connectivity index (χ2n) is 8.48. The maximum Gasteiger partial charge on any atom is 0.311 e. The highest BCUT2D eigenvalue weighted by Crippen LogP contribution is 2.21. The average molecular weight is 452 g/mol.